The zero-order chi connectivity index (χ0) is 13.1. The van der Waals surface area contributed by atoms with Crippen molar-refractivity contribution in [2.45, 2.75) is 64.1 Å². The normalized spacial score (nSPS) is 25.1. The average Bonchev–Trinajstić information content (AvgIpc) is 2.14. The largest absolute Gasteiger partial charge is 0.444 e. The lowest BCUT2D eigenvalue weighted by atomic mass is 9.91. The summed E-state index contributed by atoms with van der Waals surface area (Å²) in [6, 6.07) is -0.683. The van der Waals surface area contributed by atoms with Gasteiger partial charge in [0.15, 0.2) is 0 Å². The number of amides is 1. The first-order chi connectivity index (χ1) is 7.78. The number of nitrogens with zero attached hydrogens (tertiary/aromatic N) is 1. The van der Waals surface area contributed by atoms with E-state index in [2.05, 4.69) is 5.32 Å². The topological polar surface area (TPSA) is 81.5 Å². The molecule has 2 unspecified atom stereocenters. The minimum atomic E-state index is -0.540. The van der Waals surface area contributed by atoms with Crippen molar-refractivity contribution >= 4 is 6.09 Å². The van der Waals surface area contributed by atoms with Gasteiger partial charge >= 0.3 is 6.09 Å². The molecule has 6 nitrogen and oxygen atoms in total. The molecule has 1 saturated carbocycles. The zero-order valence-corrected chi connectivity index (χ0v) is 10.6. The van der Waals surface area contributed by atoms with Crippen LogP contribution in [0.15, 0.2) is 0 Å². The van der Waals surface area contributed by atoms with Crippen molar-refractivity contribution in [1.29, 1.82) is 0 Å². The van der Waals surface area contributed by atoms with E-state index in [1.165, 1.54) is 0 Å². The van der Waals surface area contributed by atoms with Gasteiger partial charge in [0, 0.05) is 23.8 Å². The second-order valence-electron chi connectivity index (χ2n) is 5.45. The molecule has 0 aromatic rings. The highest BCUT2D eigenvalue weighted by Gasteiger charge is 2.31. The van der Waals surface area contributed by atoms with Crippen molar-refractivity contribution in [3.63, 3.8) is 0 Å². The highest BCUT2D eigenvalue weighted by Crippen LogP contribution is 2.21. The van der Waals surface area contributed by atoms with Gasteiger partial charge in [0.05, 0.1) is 0 Å². The third kappa shape index (κ3) is 5.01. The highest BCUT2D eigenvalue weighted by molar-refractivity contribution is 5.68. The van der Waals surface area contributed by atoms with Gasteiger partial charge < -0.3 is 10.1 Å². The monoisotopic (exact) mass is 244 g/mol. The fourth-order valence-electron chi connectivity index (χ4n) is 1.96. The van der Waals surface area contributed by atoms with Crippen LogP contribution >= 0.6 is 0 Å². The number of ether oxygens (including phenoxy) is 1. The Morgan fingerprint density at radius 2 is 2.06 bits per heavy atom. The molecule has 1 amide bonds. The van der Waals surface area contributed by atoms with Crippen LogP contribution in [-0.4, -0.2) is 28.7 Å². The molecule has 6 heteroatoms. The zero-order valence-electron chi connectivity index (χ0n) is 10.6. The molecular weight excluding hydrogens is 224 g/mol. The summed E-state index contributed by atoms with van der Waals surface area (Å²) >= 11 is 0. The van der Waals surface area contributed by atoms with E-state index >= 15 is 0 Å². The predicted molar refractivity (Wildman–Crippen MR) is 62.4 cm³/mol. The molecule has 1 aliphatic rings. The Balaban J connectivity index is 2.41. The van der Waals surface area contributed by atoms with Crippen molar-refractivity contribution in [2.24, 2.45) is 0 Å². The molecule has 0 heterocycles. The van der Waals surface area contributed by atoms with Crippen molar-refractivity contribution in [1.82, 2.24) is 5.32 Å². The smallest absolute Gasteiger partial charge is 0.407 e. The van der Waals surface area contributed by atoms with Crippen LogP contribution in [0.5, 0.6) is 0 Å². The van der Waals surface area contributed by atoms with E-state index < -0.39 is 17.7 Å². The standard InChI is InChI=1S/C11H20N2O4/c1-11(2,3)17-10(14)12-8-5-4-6-9(7-8)13(15)16/h8-9H,4-7H2,1-3H3,(H,12,14). The second-order valence-corrected chi connectivity index (χ2v) is 5.45. The van der Waals surface area contributed by atoms with E-state index in [4.69, 9.17) is 4.74 Å². The molecule has 0 saturated heterocycles. The number of alkyl carbamates (subject to hydrolysis) is 1. The summed E-state index contributed by atoms with van der Waals surface area (Å²) in [5.41, 5.74) is -0.540. The maximum Gasteiger partial charge on any atom is 0.407 e. The van der Waals surface area contributed by atoms with Gasteiger partial charge in [-0.3, -0.25) is 10.1 Å². The number of hydrogen-bond donors (Lipinski definition) is 1. The van der Waals surface area contributed by atoms with E-state index in [0.717, 1.165) is 12.8 Å². The predicted octanol–water partition coefficient (Wildman–Crippen LogP) is 2.10. The number of carbonyl (C=O) groups is 1. The first-order valence-electron chi connectivity index (χ1n) is 5.91. The van der Waals surface area contributed by atoms with Gasteiger partial charge in [0.2, 0.25) is 6.04 Å². The molecule has 1 rings (SSSR count). The Kier molecular flexibility index (Phi) is 4.31. The van der Waals surface area contributed by atoms with E-state index in [9.17, 15) is 14.9 Å². The maximum atomic E-state index is 11.5. The molecule has 0 aliphatic heterocycles. The molecule has 1 aliphatic carbocycles. The highest BCUT2D eigenvalue weighted by atomic mass is 16.6. The first-order valence-corrected chi connectivity index (χ1v) is 5.91. The average molecular weight is 244 g/mol. The Morgan fingerprint density at radius 1 is 1.41 bits per heavy atom. The fourth-order valence-corrected chi connectivity index (χ4v) is 1.96. The molecule has 0 spiro atoms. The van der Waals surface area contributed by atoms with Crippen molar-refractivity contribution in [3.8, 4) is 0 Å². The van der Waals surface area contributed by atoms with Crippen LogP contribution in [0.3, 0.4) is 0 Å². The minimum Gasteiger partial charge on any atom is -0.444 e. The Hall–Kier alpha value is -1.33. The molecular formula is C11H20N2O4. The third-order valence-electron chi connectivity index (χ3n) is 2.67. The van der Waals surface area contributed by atoms with Crippen LogP contribution in [0.1, 0.15) is 46.5 Å². The summed E-state index contributed by atoms with van der Waals surface area (Å²) in [4.78, 5) is 21.9. The number of nitrogens with one attached hydrogen (secondary N) is 1. The SMILES string of the molecule is CC(C)(C)OC(=O)NC1CCCC([N+](=O)[O-])C1. The summed E-state index contributed by atoms with van der Waals surface area (Å²) in [5.74, 6) is 0. The van der Waals surface area contributed by atoms with Gasteiger partial charge in [-0.2, -0.15) is 0 Å². The lowest BCUT2D eigenvalue weighted by Gasteiger charge is -2.27. The Bertz CT molecular complexity index is 298. The van der Waals surface area contributed by atoms with Gasteiger partial charge in [0.25, 0.3) is 0 Å². The summed E-state index contributed by atoms with van der Waals surface area (Å²) in [5, 5.41) is 13.4. The number of nitro groups is 1. The lowest BCUT2D eigenvalue weighted by Crippen LogP contribution is -2.43. The Labute approximate surface area is 101 Å². The van der Waals surface area contributed by atoms with Crippen LogP contribution in [0.25, 0.3) is 0 Å². The van der Waals surface area contributed by atoms with Gasteiger partial charge in [-0.1, -0.05) is 0 Å². The number of rotatable bonds is 2. The van der Waals surface area contributed by atoms with Gasteiger partial charge in [-0.15, -0.1) is 0 Å². The molecule has 0 radical (unpaired) electrons. The van der Waals surface area contributed by atoms with Gasteiger partial charge in [-0.05, 0) is 33.6 Å². The number of carbonyl (C=O) groups excluding carboxylic acids is 1. The summed E-state index contributed by atoms with van der Waals surface area (Å²) in [7, 11) is 0. The van der Waals surface area contributed by atoms with Crippen LogP contribution < -0.4 is 5.32 Å². The summed E-state index contributed by atoms with van der Waals surface area (Å²) in [6.07, 6.45) is 2.05. The maximum absolute atomic E-state index is 11.5. The lowest BCUT2D eigenvalue weighted by molar-refractivity contribution is -0.526. The molecule has 2 atom stereocenters. The molecule has 1 fully saturated rings. The molecule has 1 N–H and O–H groups in total. The summed E-state index contributed by atoms with van der Waals surface area (Å²) < 4.78 is 5.12. The van der Waals surface area contributed by atoms with Gasteiger partial charge in [-0.25, -0.2) is 4.79 Å². The van der Waals surface area contributed by atoms with Crippen LogP contribution in [0, 0.1) is 10.1 Å². The van der Waals surface area contributed by atoms with E-state index in [0.29, 0.717) is 12.8 Å². The molecule has 0 aromatic heterocycles. The van der Waals surface area contributed by atoms with Crippen molar-refractivity contribution < 1.29 is 14.5 Å². The molecule has 98 valence electrons. The molecule has 0 aromatic carbocycles. The fraction of sp³-hybridized carbons (Fsp3) is 0.909. The van der Waals surface area contributed by atoms with E-state index in [1.807, 2.05) is 0 Å². The number of hydrogen-bond acceptors (Lipinski definition) is 4. The van der Waals surface area contributed by atoms with Crippen LogP contribution in [0.4, 0.5) is 4.79 Å². The molecule has 0 bridgehead atoms. The first kappa shape index (κ1) is 13.7. The van der Waals surface area contributed by atoms with Gasteiger partial charge in [0.1, 0.15) is 5.60 Å². The van der Waals surface area contributed by atoms with Crippen molar-refractivity contribution in [2.75, 3.05) is 0 Å². The second kappa shape index (κ2) is 5.33. The van der Waals surface area contributed by atoms with Crippen LogP contribution in [-0.2, 0) is 4.74 Å². The minimum absolute atomic E-state index is 0.144. The van der Waals surface area contributed by atoms with E-state index in [-0.39, 0.29) is 11.0 Å². The third-order valence-corrected chi connectivity index (χ3v) is 2.67. The quantitative estimate of drug-likeness (QED) is 0.595. The Morgan fingerprint density at radius 3 is 2.59 bits per heavy atom. The van der Waals surface area contributed by atoms with E-state index in [1.54, 1.807) is 20.8 Å². The van der Waals surface area contributed by atoms with Crippen molar-refractivity contribution in [3.05, 3.63) is 10.1 Å². The van der Waals surface area contributed by atoms with Crippen LogP contribution in [0.2, 0.25) is 0 Å². The molecule has 17 heavy (non-hydrogen) atoms. The summed E-state index contributed by atoms with van der Waals surface area (Å²) in [6.45, 7) is 5.35.